The third-order valence-electron chi connectivity index (χ3n) is 16.0. The summed E-state index contributed by atoms with van der Waals surface area (Å²) in [6.45, 7) is 4.68. The molecule has 13 aromatic rings. The van der Waals surface area contributed by atoms with Crippen molar-refractivity contribution in [3.63, 3.8) is 0 Å². The lowest BCUT2D eigenvalue weighted by Gasteiger charge is -2.26. The summed E-state index contributed by atoms with van der Waals surface area (Å²) in [5, 5.41) is 2.35. The molecule has 14 rings (SSSR count). The van der Waals surface area contributed by atoms with Gasteiger partial charge in [-0.2, -0.15) is 8.75 Å². The monoisotopic (exact) mass is 1020 g/mol. The lowest BCUT2D eigenvalue weighted by Crippen LogP contribution is -2.14. The highest BCUT2D eigenvalue weighted by molar-refractivity contribution is 7.00. The topological polar surface area (TPSA) is 52.4 Å². The number of anilines is 3. The zero-order chi connectivity index (χ0) is 52.5. The molecule has 1 aliphatic carbocycles. The van der Waals surface area contributed by atoms with Crippen LogP contribution in [0, 0.1) is 0 Å². The van der Waals surface area contributed by atoms with Crippen LogP contribution in [-0.2, 0) is 5.41 Å². The van der Waals surface area contributed by atoms with Gasteiger partial charge in [-0.3, -0.25) is 0 Å². The number of hydrogen-bond acceptors (Lipinski definition) is 6. The molecular weight excluding hydrogens is 973 g/mol. The van der Waals surface area contributed by atoms with Crippen LogP contribution in [0.25, 0.3) is 105 Å². The van der Waals surface area contributed by atoms with Gasteiger partial charge in [-0.15, -0.1) is 0 Å². The van der Waals surface area contributed by atoms with Crippen molar-refractivity contribution in [2.45, 2.75) is 19.3 Å². The normalized spacial score (nSPS) is 12.5. The molecule has 6 nitrogen and oxygen atoms in total. The number of rotatable bonds is 11. The van der Waals surface area contributed by atoms with Crippen LogP contribution in [0.4, 0.5) is 17.1 Å². The molecule has 0 aliphatic heterocycles. The Kier molecular flexibility index (Phi) is 11.4. The third kappa shape index (κ3) is 7.93. The van der Waals surface area contributed by atoms with Crippen LogP contribution in [-0.4, -0.2) is 27.5 Å². The van der Waals surface area contributed by atoms with Crippen molar-refractivity contribution in [3.05, 3.63) is 254 Å². The van der Waals surface area contributed by atoms with Crippen LogP contribution in [0.3, 0.4) is 0 Å². The summed E-state index contributed by atoms with van der Waals surface area (Å²) in [6.07, 6.45) is 0. The van der Waals surface area contributed by atoms with E-state index in [1.54, 1.807) is 14.2 Å². The van der Waals surface area contributed by atoms with E-state index < -0.39 is 0 Å². The molecule has 78 heavy (non-hydrogen) atoms. The molecule has 0 spiro atoms. The van der Waals surface area contributed by atoms with Crippen molar-refractivity contribution in [2.24, 2.45) is 0 Å². The summed E-state index contributed by atoms with van der Waals surface area (Å²) >= 11 is 1.25. The number of fused-ring (bicyclic) bond motifs is 7. The Labute approximate surface area is 458 Å². The summed E-state index contributed by atoms with van der Waals surface area (Å²) in [5.74, 6) is 1.67. The van der Waals surface area contributed by atoms with E-state index in [4.69, 9.17) is 18.2 Å². The first kappa shape index (κ1) is 46.9. The van der Waals surface area contributed by atoms with E-state index in [-0.39, 0.29) is 5.41 Å². The molecular formula is C71H52N4O2S. The molecule has 2 aromatic heterocycles. The molecule has 0 amide bonds. The van der Waals surface area contributed by atoms with Crippen LogP contribution >= 0.6 is 11.7 Å². The van der Waals surface area contributed by atoms with Crippen LogP contribution in [0.1, 0.15) is 25.0 Å². The number of hydrogen-bond donors (Lipinski definition) is 0. The van der Waals surface area contributed by atoms with E-state index >= 15 is 0 Å². The van der Waals surface area contributed by atoms with Gasteiger partial charge in [0.05, 0.1) is 42.7 Å². The van der Waals surface area contributed by atoms with Gasteiger partial charge in [0.2, 0.25) is 0 Å². The maximum atomic E-state index is 5.49. The minimum Gasteiger partial charge on any atom is -0.497 e. The van der Waals surface area contributed by atoms with Gasteiger partial charge < -0.3 is 18.9 Å². The predicted molar refractivity (Wildman–Crippen MR) is 324 cm³/mol. The Morgan fingerprint density at radius 1 is 0.385 bits per heavy atom. The average molecular weight is 1030 g/mol. The second-order valence-corrected chi connectivity index (χ2v) is 21.2. The Morgan fingerprint density at radius 2 is 0.833 bits per heavy atom. The molecule has 0 saturated carbocycles. The molecule has 0 N–H and O–H groups in total. The van der Waals surface area contributed by atoms with Crippen molar-refractivity contribution < 1.29 is 9.47 Å². The van der Waals surface area contributed by atoms with Crippen molar-refractivity contribution in [2.75, 3.05) is 19.1 Å². The van der Waals surface area contributed by atoms with Crippen LogP contribution in [0.5, 0.6) is 11.5 Å². The van der Waals surface area contributed by atoms with Gasteiger partial charge in [0, 0.05) is 38.8 Å². The maximum Gasteiger partial charge on any atom is 0.129 e. The summed E-state index contributed by atoms with van der Waals surface area (Å²) < 4.78 is 23.4. The Morgan fingerprint density at radius 3 is 1.42 bits per heavy atom. The van der Waals surface area contributed by atoms with E-state index in [1.165, 1.54) is 61.4 Å². The first-order chi connectivity index (χ1) is 38.3. The molecule has 11 aromatic carbocycles. The fourth-order valence-corrected chi connectivity index (χ4v) is 12.4. The quantitative estimate of drug-likeness (QED) is 0.129. The minimum atomic E-state index is -0.0770. The Hall–Kier alpha value is -9.56. The van der Waals surface area contributed by atoms with E-state index in [9.17, 15) is 0 Å². The van der Waals surface area contributed by atoms with Crippen LogP contribution in [0.2, 0.25) is 0 Å². The smallest absolute Gasteiger partial charge is 0.129 e. The molecule has 0 bridgehead atoms. The first-order valence-electron chi connectivity index (χ1n) is 26.3. The van der Waals surface area contributed by atoms with E-state index in [0.29, 0.717) is 0 Å². The molecule has 0 saturated heterocycles. The third-order valence-corrected chi connectivity index (χ3v) is 16.5. The van der Waals surface area contributed by atoms with E-state index in [1.807, 2.05) is 24.3 Å². The number of benzene rings is 11. The van der Waals surface area contributed by atoms with Gasteiger partial charge in [-0.25, -0.2) is 0 Å². The highest BCUT2D eigenvalue weighted by Gasteiger charge is 2.35. The van der Waals surface area contributed by atoms with Gasteiger partial charge in [-0.1, -0.05) is 153 Å². The number of nitrogens with zero attached hydrogens (tertiary/aromatic N) is 4. The zero-order valence-corrected chi connectivity index (χ0v) is 44.4. The van der Waals surface area contributed by atoms with Gasteiger partial charge >= 0.3 is 0 Å². The summed E-state index contributed by atoms with van der Waals surface area (Å²) in [7, 11) is 3.40. The summed E-state index contributed by atoms with van der Waals surface area (Å²) in [6, 6.07) is 87.6. The molecule has 2 heterocycles. The molecule has 0 fully saturated rings. The van der Waals surface area contributed by atoms with Gasteiger partial charge in [-0.05, 0) is 175 Å². The SMILES string of the molecule is COc1ccc(-c2ccc3c(c2)c2cc(-c4ccc(OC)cc4)ccc2n3-c2ccc(-c3ccc(N(c4ccc(-c5ccccc5)cc4)c4ccc(-c5ccc6c(c5)C(C)(C)c5ccccc5-6)cc4)c4nsnc34)cc2)cc1. The van der Waals surface area contributed by atoms with Gasteiger partial charge in [0.15, 0.2) is 0 Å². The van der Waals surface area contributed by atoms with Gasteiger partial charge in [0.25, 0.3) is 0 Å². The maximum absolute atomic E-state index is 5.49. The number of methoxy groups -OCH3 is 2. The van der Waals surface area contributed by atoms with Crippen molar-refractivity contribution in [1.29, 1.82) is 0 Å². The van der Waals surface area contributed by atoms with Crippen molar-refractivity contribution >= 4 is 61.6 Å². The van der Waals surface area contributed by atoms with Crippen molar-refractivity contribution in [1.82, 2.24) is 13.3 Å². The summed E-state index contributed by atoms with van der Waals surface area (Å²) in [4.78, 5) is 2.32. The zero-order valence-electron chi connectivity index (χ0n) is 43.6. The highest BCUT2D eigenvalue weighted by Crippen LogP contribution is 2.50. The standard InChI is InChI=1S/C71H52N4O2S/c1-71(2)64-13-9-8-12-60(64)61-37-24-53(44-65(61)71)47-16-29-55(30-17-47)74(54-27-14-46(15-28-54)45-10-6-5-7-11-45)68-41-38-59(69-70(68)73-78-72-69)50-18-31-56(32-19-50)75-66-39-25-51(48-20-33-57(76-3)34-21-48)42-62(66)63-43-52(26-40-67(63)75)49-22-35-58(77-4)36-23-49/h5-44H,1-4H3. The molecule has 374 valence electrons. The second kappa shape index (κ2) is 18.9. The van der Waals surface area contributed by atoms with Gasteiger partial charge in [0.1, 0.15) is 22.5 Å². The molecule has 7 heteroatoms. The van der Waals surface area contributed by atoms with Crippen molar-refractivity contribution in [3.8, 4) is 83.9 Å². The fraction of sp³-hybridized carbons (Fsp3) is 0.0704. The number of ether oxygens (including phenoxy) is 2. The first-order valence-corrected chi connectivity index (χ1v) is 27.1. The lowest BCUT2D eigenvalue weighted by atomic mass is 9.81. The van der Waals surface area contributed by atoms with E-state index in [0.717, 1.165) is 95.3 Å². The lowest BCUT2D eigenvalue weighted by molar-refractivity contribution is 0.415. The Balaban J connectivity index is 0.836. The fourth-order valence-electron chi connectivity index (χ4n) is 11.8. The summed E-state index contributed by atoms with van der Waals surface area (Å²) in [5.41, 5.74) is 24.8. The average Bonchev–Trinajstić information content (AvgIpc) is 4.29. The minimum absolute atomic E-state index is 0.0770. The molecule has 0 atom stereocenters. The molecule has 0 radical (unpaired) electrons. The largest absolute Gasteiger partial charge is 0.497 e. The van der Waals surface area contributed by atoms with Crippen LogP contribution in [0.15, 0.2) is 243 Å². The second-order valence-electron chi connectivity index (χ2n) is 20.6. The Bertz CT molecular complexity index is 4290. The molecule has 1 aliphatic rings. The number of aromatic nitrogens is 3. The predicted octanol–water partition coefficient (Wildman–Crippen LogP) is 18.9. The highest BCUT2D eigenvalue weighted by atomic mass is 32.1. The molecule has 0 unspecified atom stereocenters. The van der Waals surface area contributed by atoms with Crippen LogP contribution < -0.4 is 14.4 Å². The van der Waals surface area contributed by atoms with E-state index in [2.05, 4.69) is 242 Å².